The van der Waals surface area contributed by atoms with Crippen LogP contribution in [0.4, 0.5) is 5.82 Å². The number of hydrogen-bond donors (Lipinski definition) is 0. The maximum Gasteiger partial charge on any atom is 0.252 e. The largest absolute Gasteiger partial charge is 0.352 e. The van der Waals surface area contributed by atoms with Gasteiger partial charge in [0, 0.05) is 26.2 Å². The fourth-order valence-electron chi connectivity index (χ4n) is 2.53. The van der Waals surface area contributed by atoms with Crippen LogP contribution in [-0.2, 0) is 10.0 Å². The van der Waals surface area contributed by atoms with Crippen molar-refractivity contribution >= 4 is 44.4 Å². The van der Waals surface area contributed by atoms with Gasteiger partial charge in [0.15, 0.2) is 11.5 Å². The minimum Gasteiger partial charge on any atom is -0.352 e. The highest BCUT2D eigenvalue weighted by Crippen LogP contribution is 2.29. The van der Waals surface area contributed by atoms with E-state index in [0.717, 1.165) is 11.3 Å². The third kappa shape index (κ3) is 2.73. The van der Waals surface area contributed by atoms with Crippen LogP contribution in [0.5, 0.6) is 0 Å². The number of fused-ring (bicyclic) bond motifs is 1. The van der Waals surface area contributed by atoms with Crippen LogP contribution in [0.1, 0.15) is 0 Å². The molecule has 126 valence electrons. The molecule has 0 unspecified atom stereocenters. The summed E-state index contributed by atoms with van der Waals surface area (Å²) in [5.41, 5.74) is 0.564. The average molecular weight is 386 g/mol. The molecular formula is C12H12ClN7O2S2. The summed E-state index contributed by atoms with van der Waals surface area (Å²) in [6.07, 6.45) is 0. The lowest BCUT2D eigenvalue weighted by atomic mass is 10.3. The molecule has 1 fully saturated rings. The molecule has 3 aromatic rings. The van der Waals surface area contributed by atoms with Gasteiger partial charge in [-0.05, 0) is 34.7 Å². The molecule has 1 aliphatic heterocycles. The number of hydrogen-bond acceptors (Lipinski definition) is 8. The third-order valence-electron chi connectivity index (χ3n) is 3.76. The zero-order valence-corrected chi connectivity index (χ0v) is 14.7. The maximum absolute atomic E-state index is 12.6. The smallest absolute Gasteiger partial charge is 0.252 e. The SMILES string of the molecule is O=S(=O)(c1ccc(Cl)s1)N1CCN(c2ccc3nnnn3n2)CC1. The van der Waals surface area contributed by atoms with Crippen molar-refractivity contribution < 1.29 is 8.42 Å². The number of piperazine rings is 1. The second-order valence-electron chi connectivity index (χ2n) is 5.17. The van der Waals surface area contributed by atoms with Crippen LogP contribution in [0.25, 0.3) is 5.65 Å². The quantitative estimate of drug-likeness (QED) is 0.656. The standard InChI is InChI=1S/C12H12ClN7O2S2/c13-9-1-4-12(23-9)24(21,22)19-7-5-18(6-8-19)11-3-2-10-14-16-17-20(10)15-11/h1-4H,5-8H2. The molecule has 1 aliphatic rings. The molecule has 0 atom stereocenters. The zero-order chi connectivity index (χ0) is 16.7. The lowest BCUT2D eigenvalue weighted by Crippen LogP contribution is -2.48. The molecule has 0 aliphatic carbocycles. The second-order valence-corrected chi connectivity index (χ2v) is 9.05. The number of halogens is 1. The first-order valence-corrected chi connectivity index (χ1v) is 9.73. The van der Waals surface area contributed by atoms with Gasteiger partial charge in [0.05, 0.1) is 4.34 Å². The highest BCUT2D eigenvalue weighted by molar-refractivity contribution is 7.91. The van der Waals surface area contributed by atoms with Gasteiger partial charge in [0.1, 0.15) is 4.21 Å². The molecule has 9 nitrogen and oxygen atoms in total. The normalized spacial score (nSPS) is 16.8. The van der Waals surface area contributed by atoms with E-state index in [9.17, 15) is 8.42 Å². The van der Waals surface area contributed by atoms with E-state index in [1.54, 1.807) is 18.2 Å². The molecular weight excluding hydrogens is 374 g/mol. The number of anilines is 1. The monoisotopic (exact) mass is 385 g/mol. The Morgan fingerprint density at radius 2 is 1.88 bits per heavy atom. The predicted octanol–water partition coefficient (Wildman–Crippen LogP) is 0.745. The first-order valence-electron chi connectivity index (χ1n) is 7.10. The van der Waals surface area contributed by atoms with Gasteiger partial charge in [-0.25, -0.2) is 8.42 Å². The topological polar surface area (TPSA) is 96.6 Å². The summed E-state index contributed by atoms with van der Waals surface area (Å²) >= 11 is 6.92. The van der Waals surface area contributed by atoms with Crippen molar-refractivity contribution in [3.8, 4) is 0 Å². The van der Waals surface area contributed by atoms with Gasteiger partial charge in [0.2, 0.25) is 0 Å². The van der Waals surface area contributed by atoms with Crippen molar-refractivity contribution in [2.75, 3.05) is 31.1 Å². The van der Waals surface area contributed by atoms with Crippen LogP contribution < -0.4 is 4.90 Å². The Labute approximate surface area is 146 Å². The fraction of sp³-hybridized carbons (Fsp3) is 0.333. The van der Waals surface area contributed by atoms with E-state index in [4.69, 9.17) is 11.6 Å². The van der Waals surface area contributed by atoms with E-state index in [1.807, 2.05) is 11.0 Å². The van der Waals surface area contributed by atoms with Crippen LogP contribution in [-0.4, -0.2) is 64.2 Å². The molecule has 1 saturated heterocycles. The van der Waals surface area contributed by atoms with Crippen molar-refractivity contribution in [2.45, 2.75) is 4.21 Å². The molecule has 4 heterocycles. The number of sulfonamides is 1. The van der Waals surface area contributed by atoms with Gasteiger partial charge in [-0.1, -0.05) is 11.6 Å². The summed E-state index contributed by atoms with van der Waals surface area (Å²) in [6.45, 7) is 1.85. The number of tetrazole rings is 1. The van der Waals surface area contributed by atoms with E-state index >= 15 is 0 Å². The Kier molecular flexibility index (Phi) is 3.87. The lowest BCUT2D eigenvalue weighted by molar-refractivity contribution is 0.384. The van der Waals surface area contributed by atoms with E-state index in [-0.39, 0.29) is 4.21 Å². The fourth-order valence-corrected chi connectivity index (χ4v) is 5.59. The van der Waals surface area contributed by atoms with Crippen LogP contribution >= 0.6 is 22.9 Å². The average Bonchev–Trinajstić information content (AvgIpc) is 3.23. The summed E-state index contributed by atoms with van der Waals surface area (Å²) in [5, 5.41) is 15.5. The van der Waals surface area contributed by atoms with E-state index in [2.05, 4.69) is 20.6 Å². The first-order chi connectivity index (χ1) is 11.5. The minimum absolute atomic E-state index is 0.272. The minimum atomic E-state index is -3.49. The summed E-state index contributed by atoms with van der Waals surface area (Å²) in [6, 6.07) is 6.75. The van der Waals surface area contributed by atoms with Gasteiger partial charge in [-0.2, -0.15) is 4.31 Å². The molecule has 4 rings (SSSR count). The molecule has 12 heteroatoms. The summed E-state index contributed by atoms with van der Waals surface area (Å²) < 4.78 is 28.8. The summed E-state index contributed by atoms with van der Waals surface area (Å²) in [7, 11) is -3.49. The van der Waals surface area contributed by atoms with Crippen LogP contribution in [0.3, 0.4) is 0 Å². The molecule has 24 heavy (non-hydrogen) atoms. The van der Waals surface area contributed by atoms with Crippen molar-refractivity contribution in [2.24, 2.45) is 0 Å². The van der Waals surface area contributed by atoms with Crippen molar-refractivity contribution in [1.82, 2.24) is 29.6 Å². The van der Waals surface area contributed by atoms with Crippen molar-refractivity contribution in [1.29, 1.82) is 0 Å². The second kappa shape index (κ2) is 5.92. The van der Waals surface area contributed by atoms with Gasteiger partial charge in [0.25, 0.3) is 10.0 Å². The van der Waals surface area contributed by atoms with Gasteiger partial charge in [-0.15, -0.1) is 26.2 Å². The van der Waals surface area contributed by atoms with Gasteiger partial charge < -0.3 is 4.90 Å². The van der Waals surface area contributed by atoms with E-state index in [1.165, 1.54) is 8.94 Å². The maximum atomic E-state index is 12.6. The first kappa shape index (κ1) is 15.7. The Balaban J connectivity index is 1.50. The van der Waals surface area contributed by atoms with Crippen LogP contribution in [0.15, 0.2) is 28.5 Å². The lowest BCUT2D eigenvalue weighted by Gasteiger charge is -2.34. The Morgan fingerprint density at radius 3 is 2.58 bits per heavy atom. The molecule has 0 amide bonds. The number of nitrogens with zero attached hydrogens (tertiary/aromatic N) is 7. The summed E-state index contributed by atoms with van der Waals surface area (Å²) in [5.74, 6) is 0.714. The number of aromatic nitrogens is 5. The Bertz CT molecular complexity index is 978. The summed E-state index contributed by atoms with van der Waals surface area (Å²) in [4.78, 5) is 2.01. The highest BCUT2D eigenvalue weighted by Gasteiger charge is 2.30. The molecule has 0 saturated carbocycles. The third-order valence-corrected chi connectivity index (χ3v) is 7.36. The number of thiophene rings is 1. The highest BCUT2D eigenvalue weighted by atomic mass is 35.5. The molecule has 0 aromatic carbocycles. The molecule has 3 aromatic heterocycles. The van der Waals surface area contributed by atoms with Crippen LogP contribution in [0.2, 0.25) is 4.34 Å². The molecule has 0 spiro atoms. The Morgan fingerprint density at radius 1 is 1.08 bits per heavy atom. The van der Waals surface area contributed by atoms with Gasteiger partial charge in [-0.3, -0.25) is 0 Å². The predicted molar refractivity (Wildman–Crippen MR) is 88.9 cm³/mol. The van der Waals surface area contributed by atoms with E-state index in [0.29, 0.717) is 42.0 Å². The Hall–Kier alpha value is -1.82. The zero-order valence-electron chi connectivity index (χ0n) is 12.3. The van der Waals surface area contributed by atoms with Gasteiger partial charge >= 0.3 is 0 Å². The molecule has 0 N–H and O–H groups in total. The molecule has 0 radical (unpaired) electrons. The van der Waals surface area contributed by atoms with Crippen molar-refractivity contribution in [3.05, 3.63) is 28.6 Å². The van der Waals surface area contributed by atoms with E-state index < -0.39 is 10.0 Å². The van der Waals surface area contributed by atoms with Crippen molar-refractivity contribution in [3.63, 3.8) is 0 Å². The van der Waals surface area contributed by atoms with Crippen LogP contribution in [0, 0.1) is 0 Å². The molecule has 0 bridgehead atoms. The number of rotatable bonds is 3.